The van der Waals surface area contributed by atoms with Gasteiger partial charge < -0.3 is 9.30 Å². The van der Waals surface area contributed by atoms with Gasteiger partial charge in [0.05, 0.1) is 22.9 Å². The van der Waals surface area contributed by atoms with E-state index >= 15 is 0 Å². The summed E-state index contributed by atoms with van der Waals surface area (Å²) < 4.78 is 8.57. The number of carbonyl (C=O) groups excluding carboxylic acids is 1. The molecular formula is C24H18N2O2S. The molecule has 29 heavy (non-hydrogen) atoms. The van der Waals surface area contributed by atoms with Crippen LogP contribution in [0.1, 0.15) is 10.4 Å². The highest BCUT2D eigenvalue weighted by molar-refractivity contribution is 7.17. The van der Waals surface area contributed by atoms with E-state index in [1.165, 1.54) is 22.1 Å². The van der Waals surface area contributed by atoms with Gasteiger partial charge in [0.15, 0.2) is 4.80 Å². The average Bonchev–Trinajstić information content (AvgIpc) is 3.08. The Morgan fingerprint density at radius 3 is 2.38 bits per heavy atom. The SMILES string of the molecule is COc1cc2ccccc2cc1C(=O)N=c1sc2c3ccccc3ccc2n1C. The van der Waals surface area contributed by atoms with E-state index in [1.807, 2.05) is 60.1 Å². The number of fused-ring (bicyclic) bond motifs is 4. The van der Waals surface area contributed by atoms with Crippen LogP contribution in [0.25, 0.3) is 31.8 Å². The number of carbonyl (C=O) groups is 1. The highest BCUT2D eigenvalue weighted by Gasteiger charge is 2.14. The third-order valence-electron chi connectivity index (χ3n) is 5.20. The summed E-state index contributed by atoms with van der Waals surface area (Å²) in [6.45, 7) is 0. The minimum Gasteiger partial charge on any atom is -0.496 e. The molecule has 0 aliphatic rings. The van der Waals surface area contributed by atoms with Crippen LogP contribution in [0.5, 0.6) is 5.75 Å². The minimum absolute atomic E-state index is 0.306. The normalized spacial score (nSPS) is 12.1. The van der Waals surface area contributed by atoms with E-state index in [-0.39, 0.29) is 5.91 Å². The van der Waals surface area contributed by atoms with Crippen molar-refractivity contribution in [2.45, 2.75) is 0 Å². The van der Waals surface area contributed by atoms with Gasteiger partial charge in [0.25, 0.3) is 5.91 Å². The Morgan fingerprint density at radius 2 is 1.62 bits per heavy atom. The molecule has 1 aromatic heterocycles. The number of amides is 1. The minimum atomic E-state index is -0.306. The van der Waals surface area contributed by atoms with Crippen LogP contribution in [-0.2, 0) is 7.05 Å². The number of rotatable bonds is 2. The van der Waals surface area contributed by atoms with E-state index in [1.54, 1.807) is 7.11 Å². The molecule has 0 bridgehead atoms. The number of methoxy groups -OCH3 is 1. The number of aryl methyl sites for hydroxylation is 1. The fourth-order valence-corrected chi connectivity index (χ4v) is 4.82. The molecule has 5 aromatic rings. The van der Waals surface area contributed by atoms with Crippen molar-refractivity contribution in [1.29, 1.82) is 0 Å². The predicted molar refractivity (Wildman–Crippen MR) is 119 cm³/mol. The molecule has 0 spiro atoms. The van der Waals surface area contributed by atoms with Crippen LogP contribution in [0, 0.1) is 0 Å². The first kappa shape index (κ1) is 17.6. The van der Waals surface area contributed by atoms with Crippen LogP contribution in [0.3, 0.4) is 0 Å². The van der Waals surface area contributed by atoms with Gasteiger partial charge in [0, 0.05) is 12.4 Å². The van der Waals surface area contributed by atoms with Gasteiger partial charge in [-0.3, -0.25) is 4.79 Å². The van der Waals surface area contributed by atoms with Gasteiger partial charge in [-0.25, -0.2) is 0 Å². The van der Waals surface area contributed by atoms with Crippen LogP contribution in [0.2, 0.25) is 0 Å². The molecule has 142 valence electrons. The van der Waals surface area contributed by atoms with E-state index < -0.39 is 0 Å². The highest BCUT2D eigenvalue weighted by atomic mass is 32.1. The molecule has 4 aromatic carbocycles. The quantitative estimate of drug-likeness (QED) is 0.405. The summed E-state index contributed by atoms with van der Waals surface area (Å²) in [4.78, 5) is 18.2. The van der Waals surface area contributed by atoms with Crippen molar-refractivity contribution in [3.63, 3.8) is 0 Å². The second kappa shape index (κ2) is 6.87. The molecule has 0 fully saturated rings. The molecule has 5 rings (SSSR count). The Kier molecular flexibility index (Phi) is 4.18. The molecule has 0 N–H and O–H groups in total. The standard InChI is InChI=1S/C24H18N2O2S/c1-26-20-12-11-15-7-5-6-10-18(15)22(20)29-24(26)25-23(27)19-13-16-8-3-4-9-17(16)14-21(19)28-2/h3-14H,1-2H3. The maximum Gasteiger partial charge on any atom is 0.283 e. The fourth-order valence-electron chi connectivity index (χ4n) is 3.67. The van der Waals surface area contributed by atoms with Crippen molar-refractivity contribution >= 4 is 49.0 Å². The molecule has 1 amide bonds. The van der Waals surface area contributed by atoms with E-state index in [4.69, 9.17) is 4.74 Å². The van der Waals surface area contributed by atoms with E-state index in [2.05, 4.69) is 29.3 Å². The van der Waals surface area contributed by atoms with Gasteiger partial charge in [-0.15, -0.1) is 0 Å². The van der Waals surface area contributed by atoms with Crippen molar-refractivity contribution < 1.29 is 9.53 Å². The van der Waals surface area contributed by atoms with Gasteiger partial charge in [-0.2, -0.15) is 4.99 Å². The second-order valence-corrected chi connectivity index (χ2v) is 7.87. The zero-order valence-corrected chi connectivity index (χ0v) is 16.9. The Hall–Kier alpha value is -3.44. The van der Waals surface area contributed by atoms with Gasteiger partial charge in [-0.1, -0.05) is 65.9 Å². The number of nitrogens with zero attached hydrogens (tertiary/aromatic N) is 2. The van der Waals surface area contributed by atoms with Gasteiger partial charge in [0.1, 0.15) is 5.75 Å². The molecule has 0 unspecified atom stereocenters. The van der Waals surface area contributed by atoms with Crippen molar-refractivity contribution in [3.05, 3.63) is 83.2 Å². The Balaban J connectivity index is 1.70. The van der Waals surface area contributed by atoms with Crippen LogP contribution >= 0.6 is 11.3 Å². The number of hydrogen-bond donors (Lipinski definition) is 0. The first-order valence-electron chi connectivity index (χ1n) is 9.29. The van der Waals surface area contributed by atoms with Crippen LogP contribution < -0.4 is 9.54 Å². The van der Waals surface area contributed by atoms with E-state index in [0.717, 1.165) is 21.0 Å². The summed E-state index contributed by atoms with van der Waals surface area (Å²) >= 11 is 1.53. The van der Waals surface area contributed by atoms with Crippen molar-refractivity contribution in [2.24, 2.45) is 12.0 Å². The lowest BCUT2D eigenvalue weighted by atomic mass is 10.1. The molecule has 5 heteroatoms. The number of thiazole rings is 1. The zero-order valence-electron chi connectivity index (χ0n) is 16.0. The average molecular weight is 398 g/mol. The summed E-state index contributed by atoms with van der Waals surface area (Å²) in [5, 5.41) is 4.36. The third kappa shape index (κ3) is 2.91. The van der Waals surface area contributed by atoms with E-state index in [0.29, 0.717) is 16.1 Å². The van der Waals surface area contributed by atoms with Crippen molar-refractivity contribution in [2.75, 3.05) is 7.11 Å². The monoisotopic (exact) mass is 398 g/mol. The topological polar surface area (TPSA) is 43.6 Å². The zero-order chi connectivity index (χ0) is 20.0. The molecule has 4 nitrogen and oxygen atoms in total. The second-order valence-electron chi connectivity index (χ2n) is 6.90. The Bertz CT molecular complexity index is 1480. The van der Waals surface area contributed by atoms with Crippen LogP contribution in [0.15, 0.2) is 77.8 Å². The Labute approximate surface area is 171 Å². The molecule has 0 saturated carbocycles. The number of ether oxygens (including phenoxy) is 1. The van der Waals surface area contributed by atoms with E-state index in [9.17, 15) is 4.79 Å². The molecule has 0 aliphatic heterocycles. The summed E-state index contributed by atoms with van der Waals surface area (Å²) in [7, 11) is 3.52. The summed E-state index contributed by atoms with van der Waals surface area (Å²) in [6, 6.07) is 24.1. The van der Waals surface area contributed by atoms with Crippen LogP contribution in [-0.4, -0.2) is 17.6 Å². The van der Waals surface area contributed by atoms with Crippen molar-refractivity contribution in [1.82, 2.24) is 4.57 Å². The largest absolute Gasteiger partial charge is 0.496 e. The predicted octanol–water partition coefficient (Wildman–Crippen LogP) is 5.30. The highest BCUT2D eigenvalue weighted by Crippen LogP contribution is 2.28. The smallest absolute Gasteiger partial charge is 0.283 e. The third-order valence-corrected chi connectivity index (χ3v) is 6.38. The molecular weight excluding hydrogens is 380 g/mol. The lowest BCUT2D eigenvalue weighted by Crippen LogP contribution is -2.13. The first-order valence-corrected chi connectivity index (χ1v) is 10.1. The first-order chi connectivity index (χ1) is 14.2. The number of aromatic nitrogens is 1. The molecule has 0 aliphatic carbocycles. The van der Waals surface area contributed by atoms with Gasteiger partial charge >= 0.3 is 0 Å². The number of benzene rings is 4. The van der Waals surface area contributed by atoms with Gasteiger partial charge in [0.2, 0.25) is 0 Å². The molecule has 0 radical (unpaired) electrons. The molecule has 0 saturated heterocycles. The summed E-state index contributed by atoms with van der Waals surface area (Å²) in [6.07, 6.45) is 0. The lowest BCUT2D eigenvalue weighted by Gasteiger charge is -2.07. The lowest BCUT2D eigenvalue weighted by molar-refractivity contribution is 0.0995. The van der Waals surface area contributed by atoms with Gasteiger partial charge in [-0.05, 0) is 34.4 Å². The van der Waals surface area contributed by atoms with Crippen molar-refractivity contribution in [3.8, 4) is 5.75 Å². The maximum absolute atomic E-state index is 13.1. The summed E-state index contributed by atoms with van der Waals surface area (Å²) in [5.41, 5.74) is 1.53. The summed E-state index contributed by atoms with van der Waals surface area (Å²) in [5.74, 6) is 0.228. The maximum atomic E-state index is 13.1. The van der Waals surface area contributed by atoms with Crippen LogP contribution in [0.4, 0.5) is 0 Å². The Morgan fingerprint density at radius 1 is 0.931 bits per heavy atom. The molecule has 0 atom stereocenters. The molecule has 1 heterocycles. The number of hydrogen-bond acceptors (Lipinski definition) is 3. The fraction of sp³-hybridized carbons (Fsp3) is 0.0833.